The number of aromatic nitrogens is 1. The van der Waals surface area contributed by atoms with Gasteiger partial charge in [-0.3, -0.25) is 14.6 Å². The number of nitrogens with one attached hydrogen (secondary N) is 1. The average Bonchev–Trinajstić information content (AvgIpc) is 2.54. The van der Waals surface area contributed by atoms with Crippen LogP contribution in [-0.2, 0) is 20.7 Å². The first-order chi connectivity index (χ1) is 10.2. The highest BCUT2D eigenvalue weighted by Gasteiger charge is 2.27. The summed E-state index contributed by atoms with van der Waals surface area (Å²) in [5.74, 6) is -0.0502. The molecule has 0 unspecified atom stereocenters. The Kier molecular flexibility index (Phi) is 5.72. The minimum Gasteiger partial charge on any atom is -0.469 e. The van der Waals surface area contributed by atoms with Gasteiger partial charge in [0.1, 0.15) is 0 Å². The van der Waals surface area contributed by atoms with Crippen LogP contribution in [0.1, 0.15) is 37.7 Å². The molecule has 1 saturated carbocycles. The predicted molar refractivity (Wildman–Crippen MR) is 78.5 cm³/mol. The van der Waals surface area contributed by atoms with E-state index in [0.717, 1.165) is 37.7 Å². The number of ether oxygens (including phenoxy) is 1. The third-order valence-electron chi connectivity index (χ3n) is 4.02. The van der Waals surface area contributed by atoms with Crippen molar-refractivity contribution < 1.29 is 14.3 Å². The van der Waals surface area contributed by atoms with Crippen LogP contribution in [0.2, 0.25) is 0 Å². The van der Waals surface area contributed by atoms with Crippen LogP contribution in [0.15, 0.2) is 24.5 Å². The first kappa shape index (κ1) is 15.5. The lowest BCUT2D eigenvalue weighted by molar-refractivity contribution is -0.146. The maximum atomic E-state index is 11.9. The Balaban J connectivity index is 1.68. The molecule has 1 fully saturated rings. The SMILES string of the molecule is COC(=O)C1CCC(NC(=O)CCc2ccncc2)CC1. The van der Waals surface area contributed by atoms with Gasteiger partial charge in [0.25, 0.3) is 0 Å². The van der Waals surface area contributed by atoms with E-state index in [1.54, 1.807) is 12.4 Å². The largest absolute Gasteiger partial charge is 0.469 e. The number of aryl methyl sites for hydroxylation is 1. The van der Waals surface area contributed by atoms with Crippen molar-refractivity contribution in [1.82, 2.24) is 10.3 Å². The summed E-state index contributed by atoms with van der Waals surface area (Å²) in [6, 6.07) is 4.04. The topological polar surface area (TPSA) is 68.3 Å². The number of esters is 1. The number of carbonyl (C=O) groups excluding carboxylic acids is 2. The lowest BCUT2D eigenvalue weighted by atomic mass is 9.86. The summed E-state index contributed by atoms with van der Waals surface area (Å²) in [6.07, 6.45) is 7.97. The number of carbonyl (C=O) groups is 2. The van der Waals surface area contributed by atoms with E-state index in [9.17, 15) is 9.59 Å². The first-order valence-electron chi connectivity index (χ1n) is 7.45. The minimum atomic E-state index is -0.127. The maximum absolute atomic E-state index is 11.9. The van der Waals surface area contributed by atoms with Gasteiger partial charge in [-0.1, -0.05) is 0 Å². The molecule has 0 aromatic carbocycles. The van der Waals surface area contributed by atoms with Gasteiger partial charge in [-0.25, -0.2) is 0 Å². The summed E-state index contributed by atoms with van der Waals surface area (Å²) >= 11 is 0. The Morgan fingerprint density at radius 1 is 1.24 bits per heavy atom. The van der Waals surface area contributed by atoms with Crippen molar-refractivity contribution in [3.8, 4) is 0 Å². The molecule has 1 aromatic rings. The fraction of sp³-hybridized carbons (Fsp3) is 0.562. The third-order valence-corrected chi connectivity index (χ3v) is 4.02. The van der Waals surface area contributed by atoms with E-state index in [4.69, 9.17) is 4.74 Å². The van der Waals surface area contributed by atoms with Crippen molar-refractivity contribution in [2.24, 2.45) is 5.92 Å². The highest BCUT2D eigenvalue weighted by Crippen LogP contribution is 2.25. The molecule has 1 N–H and O–H groups in total. The van der Waals surface area contributed by atoms with Crippen LogP contribution in [0.5, 0.6) is 0 Å². The summed E-state index contributed by atoms with van der Waals surface area (Å²) in [7, 11) is 1.43. The van der Waals surface area contributed by atoms with Crippen LogP contribution in [0.25, 0.3) is 0 Å². The number of pyridine rings is 1. The van der Waals surface area contributed by atoms with E-state index >= 15 is 0 Å². The molecular weight excluding hydrogens is 268 g/mol. The van der Waals surface area contributed by atoms with E-state index in [-0.39, 0.29) is 23.8 Å². The van der Waals surface area contributed by atoms with Gasteiger partial charge in [0.05, 0.1) is 13.0 Å². The van der Waals surface area contributed by atoms with Crippen molar-refractivity contribution in [1.29, 1.82) is 0 Å². The van der Waals surface area contributed by atoms with Crippen LogP contribution in [0.4, 0.5) is 0 Å². The number of methoxy groups -OCH3 is 1. The van der Waals surface area contributed by atoms with Gasteiger partial charge in [0.15, 0.2) is 0 Å². The molecule has 0 bridgehead atoms. The molecule has 1 heterocycles. The zero-order valence-electron chi connectivity index (χ0n) is 12.4. The molecule has 1 amide bonds. The Bertz CT molecular complexity index is 468. The number of amides is 1. The fourth-order valence-corrected chi connectivity index (χ4v) is 2.75. The van der Waals surface area contributed by atoms with E-state index < -0.39 is 0 Å². The van der Waals surface area contributed by atoms with Crippen molar-refractivity contribution in [3.05, 3.63) is 30.1 Å². The van der Waals surface area contributed by atoms with Gasteiger partial charge in [0.2, 0.25) is 5.91 Å². The molecule has 0 spiro atoms. The minimum absolute atomic E-state index is 0.0000270. The van der Waals surface area contributed by atoms with Gasteiger partial charge >= 0.3 is 5.97 Å². The second kappa shape index (κ2) is 7.76. The number of hydrogen-bond acceptors (Lipinski definition) is 4. The zero-order valence-corrected chi connectivity index (χ0v) is 12.4. The Labute approximate surface area is 125 Å². The second-order valence-electron chi connectivity index (χ2n) is 5.49. The van der Waals surface area contributed by atoms with Crippen molar-refractivity contribution in [2.75, 3.05) is 7.11 Å². The third kappa shape index (κ3) is 4.85. The van der Waals surface area contributed by atoms with Crippen molar-refractivity contribution in [2.45, 2.75) is 44.6 Å². The van der Waals surface area contributed by atoms with Gasteiger partial charge < -0.3 is 10.1 Å². The quantitative estimate of drug-likeness (QED) is 0.840. The average molecular weight is 290 g/mol. The molecular formula is C16H22N2O3. The molecule has 1 aliphatic rings. The first-order valence-corrected chi connectivity index (χ1v) is 7.45. The van der Waals surface area contributed by atoms with Crippen LogP contribution in [0.3, 0.4) is 0 Å². The van der Waals surface area contributed by atoms with E-state index in [1.165, 1.54) is 7.11 Å². The fourth-order valence-electron chi connectivity index (χ4n) is 2.75. The van der Waals surface area contributed by atoms with Crippen LogP contribution in [0, 0.1) is 5.92 Å². The smallest absolute Gasteiger partial charge is 0.308 e. The van der Waals surface area contributed by atoms with Crippen molar-refractivity contribution in [3.63, 3.8) is 0 Å². The van der Waals surface area contributed by atoms with Crippen LogP contribution >= 0.6 is 0 Å². The Morgan fingerprint density at radius 2 is 1.90 bits per heavy atom. The zero-order chi connectivity index (χ0) is 15.1. The number of nitrogens with zero attached hydrogens (tertiary/aromatic N) is 1. The Hall–Kier alpha value is -1.91. The molecule has 21 heavy (non-hydrogen) atoms. The van der Waals surface area contributed by atoms with Crippen LogP contribution < -0.4 is 5.32 Å². The summed E-state index contributed by atoms with van der Waals surface area (Å²) in [6.45, 7) is 0. The molecule has 2 rings (SSSR count). The number of hydrogen-bond donors (Lipinski definition) is 1. The highest BCUT2D eigenvalue weighted by atomic mass is 16.5. The standard InChI is InChI=1S/C16H22N2O3/c1-21-16(20)13-3-5-14(6-4-13)18-15(19)7-2-12-8-10-17-11-9-12/h8-11,13-14H,2-7H2,1H3,(H,18,19). The highest BCUT2D eigenvalue weighted by molar-refractivity contribution is 5.76. The molecule has 0 atom stereocenters. The van der Waals surface area contributed by atoms with Gasteiger partial charge in [-0.2, -0.15) is 0 Å². The monoisotopic (exact) mass is 290 g/mol. The van der Waals surface area contributed by atoms with Gasteiger partial charge in [-0.15, -0.1) is 0 Å². The van der Waals surface area contributed by atoms with E-state index in [0.29, 0.717) is 6.42 Å². The summed E-state index contributed by atoms with van der Waals surface area (Å²) in [5, 5.41) is 3.06. The van der Waals surface area contributed by atoms with E-state index in [2.05, 4.69) is 10.3 Å². The normalized spacial score (nSPS) is 21.6. The van der Waals surface area contributed by atoms with Crippen molar-refractivity contribution >= 4 is 11.9 Å². The molecule has 5 heteroatoms. The molecule has 1 aromatic heterocycles. The molecule has 114 valence electrons. The summed E-state index contributed by atoms with van der Waals surface area (Å²) in [4.78, 5) is 27.3. The van der Waals surface area contributed by atoms with E-state index in [1.807, 2.05) is 12.1 Å². The molecule has 5 nitrogen and oxygen atoms in total. The lowest BCUT2D eigenvalue weighted by Crippen LogP contribution is -2.39. The summed E-state index contributed by atoms with van der Waals surface area (Å²) < 4.78 is 4.76. The van der Waals surface area contributed by atoms with Crippen LogP contribution in [-0.4, -0.2) is 30.0 Å². The van der Waals surface area contributed by atoms with Gasteiger partial charge in [-0.05, 0) is 49.8 Å². The molecule has 0 aliphatic heterocycles. The predicted octanol–water partition coefficient (Wildman–Crippen LogP) is 1.86. The number of rotatable bonds is 5. The Morgan fingerprint density at radius 3 is 2.52 bits per heavy atom. The summed E-state index contributed by atoms with van der Waals surface area (Å²) in [5.41, 5.74) is 1.12. The molecule has 1 aliphatic carbocycles. The maximum Gasteiger partial charge on any atom is 0.308 e. The molecule has 0 radical (unpaired) electrons. The second-order valence-corrected chi connectivity index (χ2v) is 5.49. The van der Waals surface area contributed by atoms with Gasteiger partial charge in [0, 0.05) is 24.9 Å². The lowest BCUT2D eigenvalue weighted by Gasteiger charge is -2.27. The molecule has 0 saturated heterocycles.